The molecular formula is C20H34O. The maximum Gasteiger partial charge on any atom is 0.0462 e. The van der Waals surface area contributed by atoms with Crippen molar-refractivity contribution in [3.05, 3.63) is 35.4 Å². The molecule has 1 N–H and O–H groups in total. The first-order valence-corrected chi connectivity index (χ1v) is 8.59. The van der Waals surface area contributed by atoms with E-state index in [2.05, 4.69) is 52.0 Å². The molecular weight excluding hydrogens is 256 g/mol. The van der Waals surface area contributed by atoms with E-state index in [1.54, 1.807) is 0 Å². The van der Waals surface area contributed by atoms with Crippen LogP contribution in [0.4, 0.5) is 0 Å². The first-order valence-electron chi connectivity index (χ1n) is 8.59. The third-order valence-corrected chi connectivity index (χ3v) is 4.83. The topological polar surface area (TPSA) is 20.2 Å². The summed E-state index contributed by atoms with van der Waals surface area (Å²) in [4.78, 5) is 0. The molecule has 0 bridgehead atoms. The van der Waals surface area contributed by atoms with Crippen molar-refractivity contribution in [1.82, 2.24) is 0 Å². The maximum absolute atomic E-state index is 9.59. The summed E-state index contributed by atoms with van der Waals surface area (Å²) in [6.07, 6.45) is 3.64. The van der Waals surface area contributed by atoms with Crippen LogP contribution >= 0.6 is 0 Å². The van der Waals surface area contributed by atoms with Gasteiger partial charge in [-0.15, -0.1) is 0 Å². The standard InChI is InChI=1S/C18H28O.C2H6/c1-13-5-7-15(8-6-13)14(2)9-16-10-18(3,4)11-17(16)12-19;1-2/h5-8,14,16-17,19H,9-12H2,1-4H3;1-2H3. The molecule has 1 aliphatic carbocycles. The molecule has 0 aliphatic heterocycles. The predicted molar refractivity (Wildman–Crippen MR) is 92.6 cm³/mol. The van der Waals surface area contributed by atoms with Crippen molar-refractivity contribution in [2.75, 3.05) is 6.61 Å². The van der Waals surface area contributed by atoms with Gasteiger partial charge >= 0.3 is 0 Å². The minimum Gasteiger partial charge on any atom is -0.396 e. The monoisotopic (exact) mass is 290 g/mol. The van der Waals surface area contributed by atoms with Crippen LogP contribution in [0.1, 0.15) is 70.9 Å². The number of hydrogen-bond donors (Lipinski definition) is 1. The third-order valence-electron chi connectivity index (χ3n) is 4.83. The van der Waals surface area contributed by atoms with E-state index in [9.17, 15) is 5.11 Å². The zero-order valence-corrected chi connectivity index (χ0v) is 14.8. The lowest BCUT2D eigenvalue weighted by Crippen LogP contribution is -2.14. The van der Waals surface area contributed by atoms with Gasteiger partial charge in [-0.25, -0.2) is 0 Å². The summed E-state index contributed by atoms with van der Waals surface area (Å²) in [6, 6.07) is 8.92. The van der Waals surface area contributed by atoms with Gasteiger partial charge in [0.2, 0.25) is 0 Å². The van der Waals surface area contributed by atoms with E-state index < -0.39 is 0 Å². The molecule has 3 unspecified atom stereocenters. The molecule has 2 rings (SSSR count). The lowest BCUT2D eigenvalue weighted by molar-refractivity contribution is 0.184. The van der Waals surface area contributed by atoms with Gasteiger partial charge in [-0.05, 0) is 54.9 Å². The molecule has 21 heavy (non-hydrogen) atoms. The van der Waals surface area contributed by atoms with E-state index in [0.717, 1.165) is 0 Å². The third kappa shape index (κ3) is 5.14. The first-order chi connectivity index (χ1) is 9.91. The number of rotatable bonds is 4. The molecule has 0 radical (unpaired) electrons. The molecule has 1 saturated carbocycles. The Hall–Kier alpha value is -0.820. The van der Waals surface area contributed by atoms with Crippen LogP contribution in [-0.4, -0.2) is 11.7 Å². The second-order valence-corrected chi connectivity index (χ2v) is 7.32. The van der Waals surface area contributed by atoms with E-state index in [1.165, 1.54) is 30.4 Å². The van der Waals surface area contributed by atoms with Gasteiger partial charge in [0.25, 0.3) is 0 Å². The molecule has 1 nitrogen and oxygen atoms in total. The predicted octanol–water partition coefficient (Wildman–Crippen LogP) is 5.56. The van der Waals surface area contributed by atoms with Crippen molar-refractivity contribution in [3.63, 3.8) is 0 Å². The van der Waals surface area contributed by atoms with Gasteiger partial charge in [0.1, 0.15) is 0 Å². The summed E-state index contributed by atoms with van der Waals surface area (Å²) < 4.78 is 0. The van der Waals surface area contributed by atoms with E-state index in [-0.39, 0.29) is 0 Å². The molecule has 1 fully saturated rings. The van der Waals surface area contributed by atoms with Crippen molar-refractivity contribution < 1.29 is 5.11 Å². The van der Waals surface area contributed by atoms with E-state index in [1.807, 2.05) is 13.8 Å². The lowest BCUT2D eigenvalue weighted by Gasteiger charge is -2.22. The van der Waals surface area contributed by atoms with Gasteiger partial charge < -0.3 is 5.11 Å². The average molecular weight is 290 g/mol. The normalized spacial score (nSPS) is 25.1. The molecule has 120 valence electrons. The Morgan fingerprint density at radius 3 is 2.14 bits per heavy atom. The smallest absolute Gasteiger partial charge is 0.0462 e. The van der Waals surface area contributed by atoms with Gasteiger partial charge in [0, 0.05) is 6.61 Å². The quantitative estimate of drug-likeness (QED) is 0.769. The Morgan fingerprint density at radius 2 is 1.62 bits per heavy atom. The molecule has 0 spiro atoms. The summed E-state index contributed by atoms with van der Waals surface area (Å²) in [7, 11) is 0. The Bertz CT molecular complexity index is 404. The van der Waals surface area contributed by atoms with Gasteiger partial charge in [0.15, 0.2) is 0 Å². The minimum atomic E-state index is 0.356. The van der Waals surface area contributed by atoms with E-state index in [4.69, 9.17) is 0 Å². The minimum absolute atomic E-state index is 0.356. The van der Waals surface area contributed by atoms with Crippen LogP contribution in [0.2, 0.25) is 0 Å². The summed E-state index contributed by atoms with van der Waals surface area (Å²) in [5, 5.41) is 9.59. The fraction of sp³-hybridized carbons (Fsp3) is 0.700. The Kier molecular flexibility index (Phi) is 6.93. The SMILES string of the molecule is CC.Cc1ccc(C(C)CC2CC(C)(C)CC2CO)cc1. The summed E-state index contributed by atoms with van der Waals surface area (Å²) in [5.74, 6) is 1.77. The molecule has 0 amide bonds. The van der Waals surface area contributed by atoms with Crippen LogP contribution < -0.4 is 0 Å². The molecule has 1 aromatic carbocycles. The number of benzene rings is 1. The zero-order valence-electron chi connectivity index (χ0n) is 14.8. The number of aliphatic hydroxyl groups is 1. The Labute approximate surface area is 131 Å². The van der Waals surface area contributed by atoms with E-state index >= 15 is 0 Å². The summed E-state index contributed by atoms with van der Waals surface area (Å²) in [6.45, 7) is 13.5. The second kappa shape index (κ2) is 7.98. The molecule has 0 aromatic heterocycles. The van der Waals surface area contributed by atoms with Crippen molar-refractivity contribution in [2.24, 2.45) is 17.3 Å². The van der Waals surface area contributed by atoms with Gasteiger partial charge in [-0.3, -0.25) is 0 Å². The maximum atomic E-state index is 9.59. The summed E-state index contributed by atoms with van der Waals surface area (Å²) >= 11 is 0. The highest BCUT2D eigenvalue weighted by atomic mass is 16.3. The van der Waals surface area contributed by atoms with Crippen LogP contribution in [0.15, 0.2) is 24.3 Å². The van der Waals surface area contributed by atoms with Gasteiger partial charge in [-0.2, -0.15) is 0 Å². The van der Waals surface area contributed by atoms with Crippen LogP contribution in [0.3, 0.4) is 0 Å². The van der Waals surface area contributed by atoms with Crippen molar-refractivity contribution in [3.8, 4) is 0 Å². The van der Waals surface area contributed by atoms with Gasteiger partial charge in [0.05, 0.1) is 0 Å². The van der Waals surface area contributed by atoms with Crippen LogP contribution in [0, 0.1) is 24.2 Å². The fourth-order valence-corrected chi connectivity index (χ4v) is 3.81. The molecule has 0 saturated heterocycles. The Balaban J connectivity index is 0.00000106. The number of aliphatic hydroxyl groups excluding tert-OH is 1. The lowest BCUT2D eigenvalue weighted by atomic mass is 9.84. The van der Waals surface area contributed by atoms with E-state index in [0.29, 0.717) is 29.8 Å². The van der Waals surface area contributed by atoms with Crippen molar-refractivity contribution in [2.45, 2.75) is 66.7 Å². The molecule has 1 aliphatic rings. The Morgan fingerprint density at radius 1 is 1.10 bits per heavy atom. The highest BCUT2D eigenvalue weighted by molar-refractivity contribution is 5.24. The second-order valence-electron chi connectivity index (χ2n) is 7.32. The van der Waals surface area contributed by atoms with Crippen LogP contribution in [0.25, 0.3) is 0 Å². The fourth-order valence-electron chi connectivity index (χ4n) is 3.81. The largest absolute Gasteiger partial charge is 0.396 e. The number of aryl methyl sites for hydroxylation is 1. The molecule has 0 heterocycles. The zero-order chi connectivity index (χ0) is 16.0. The van der Waals surface area contributed by atoms with Crippen molar-refractivity contribution in [1.29, 1.82) is 0 Å². The highest BCUT2D eigenvalue weighted by Crippen LogP contribution is 2.48. The highest BCUT2D eigenvalue weighted by Gasteiger charge is 2.39. The average Bonchev–Trinajstić information content (AvgIpc) is 2.75. The number of hydrogen-bond acceptors (Lipinski definition) is 1. The van der Waals surface area contributed by atoms with Crippen LogP contribution in [0.5, 0.6) is 0 Å². The molecule has 3 atom stereocenters. The first kappa shape index (κ1) is 18.2. The molecule has 1 aromatic rings. The van der Waals surface area contributed by atoms with Crippen LogP contribution in [-0.2, 0) is 0 Å². The van der Waals surface area contributed by atoms with Crippen molar-refractivity contribution >= 4 is 0 Å². The van der Waals surface area contributed by atoms with Gasteiger partial charge in [-0.1, -0.05) is 64.4 Å². The summed E-state index contributed by atoms with van der Waals surface area (Å²) in [5.41, 5.74) is 3.17. The molecule has 1 heteroatoms.